The quantitative estimate of drug-likeness (QED) is 0.282. The van der Waals surface area contributed by atoms with Crippen LogP contribution in [0, 0.1) is 17.8 Å². The standard InChI is InChI=1S/C37H49N3/c1-23(2)28-15-9-10-16-29(28)36(40-37(8)31(24(3)4)18-12-19-32(37)25(5)6)34-21-13-20-33(39-34)30-17-11-14-27-22-26(7)38-35(27)30/h9-11,13-18,20-21,23-26,32,36,38,40H,12,19,22H2,1-8H3. The number of benzene rings is 2. The van der Waals surface area contributed by atoms with Crippen LogP contribution in [0.3, 0.4) is 0 Å². The summed E-state index contributed by atoms with van der Waals surface area (Å²) in [4.78, 5) is 5.44. The summed E-state index contributed by atoms with van der Waals surface area (Å²) in [5.41, 5.74) is 10.1. The monoisotopic (exact) mass is 535 g/mol. The van der Waals surface area contributed by atoms with Crippen molar-refractivity contribution < 1.29 is 0 Å². The Labute approximate surface area is 242 Å². The van der Waals surface area contributed by atoms with E-state index in [0.29, 0.717) is 29.7 Å². The summed E-state index contributed by atoms with van der Waals surface area (Å²) in [6.07, 6.45) is 5.96. The first-order chi connectivity index (χ1) is 19.1. The van der Waals surface area contributed by atoms with Crippen molar-refractivity contribution in [1.82, 2.24) is 10.3 Å². The molecule has 0 saturated carbocycles. The van der Waals surface area contributed by atoms with Gasteiger partial charge in [-0.05, 0) is 85.6 Å². The van der Waals surface area contributed by atoms with Gasteiger partial charge in [0.1, 0.15) is 0 Å². The lowest BCUT2D eigenvalue weighted by molar-refractivity contribution is 0.167. The molecule has 1 aliphatic heterocycles. The lowest BCUT2D eigenvalue weighted by atomic mass is 9.65. The van der Waals surface area contributed by atoms with Crippen LogP contribution in [-0.2, 0) is 6.42 Å². The van der Waals surface area contributed by atoms with E-state index < -0.39 is 0 Å². The summed E-state index contributed by atoms with van der Waals surface area (Å²) < 4.78 is 0. The van der Waals surface area contributed by atoms with Gasteiger partial charge >= 0.3 is 0 Å². The zero-order chi connectivity index (χ0) is 28.6. The van der Waals surface area contributed by atoms with E-state index in [9.17, 15) is 0 Å². The van der Waals surface area contributed by atoms with E-state index in [-0.39, 0.29) is 11.6 Å². The van der Waals surface area contributed by atoms with E-state index in [1.807, 2.05) is 0 Å². The minimum atomic E-state index is -0.127. The largest absolute Gasteiger partial charge is 0.381 e. The molecule has 2 N–H and O–H groups in total. The fourth-order valence-electron chi connectivity index (χ4n) is 7.61. The molecule has 3 heteroatoms. The van der Waals surface area contributed by atoms with Crippen molar-refractivity contribution in [1.29, 1.82) is 0 Å². The first-order valence-electron chi connectivity index (χ1n) is 15.5. The number of hydrogen-bond acceptors (Lipinski definition) is 3. The van der Waals surface area contributed by atoms with E-state index >= 15 is 0 Å². The van der Waals surface area contributed by atoms with Gasteiger partial charge in [-0.3, -0.25) is 10.3 Å². The fourth-order valence-corrected chi connectivity index (χ4v) is 7.61. The van der Waals surface area contributed by atoms with Crippen LogP contribution in [0.25, 0.3) is 11.3 Å². The van der Waals surface area contributed by atoms with Crippen LogP contribution in [0.15, 0.2) is 72.3 Å². The van der Waals surface area contributed by atoms with Gasteiger partial charge in [-0.2, -0.15) is 0 Å². The van der Waals surface area contributed by atoms with Crippen molar-refractivity contribution in [2.75, 3.05) is 5.32 Å². The molecule has 2 aliphatic rings. The molecule has 0 radical (unpaired) electrons. The summed E-state index contributed by atoms with van der Waals surface area (Å²) in [5.74, 6) is 2.04. The van der Waals surface area contributed by atoms with Crippen LogP contribution >= 0.6 is 0 Å². The number of aromatic nitrogens is 1. The lowest BCUT2D eigenvalue weighted by Crippen LogP contribution is -2.55. The Morgan fingerprint density at radius 2 is 1.60 bits per heavy atom. The molecule has 0 bridgehead atoms. The molecule has 4 unspecified atom stereocenters. The summed E-state index contributed by atoms with van der Waals surface area (Å²) in [7, 11) is 0. The topological polar surface area (TPSA) is 37.0 Å². The number of rotatable bonds is 8. The van der Waals surface area contributed by atoms with Crippen molar-refractivity contribution in [2.45, 2.75) is 98.2 Å². The average molecular weight is 536 g/mol. The molecular formula is C37H49N3. The highest BCUT2D eigenvalue weighted by molar-refractivity contribution is 5.80. The molecule has 5 rings (SSSR count). The van der Waals surface area contributed by atoms with Crippen LogP contribution in [0.1, 0.15) is 103 Å². The Morgan fingerprint density at radius 1 is 0.875 bits per heavy atom. The molecule has 0 fully saturated rings. The maximum absolute atomic E-state index is 5.44. The van der Waals surface area contributed by atoms with Gasteiger partial charge in [0, 0.05) is 22.8 Å². The number of anilines is 1. The number of para-hydroxylation sites is 1. The molecule has 0 spiro atoms. The van der Waals surface area contributed by atoms with Gasteiger partial charge < -0.3 is 5.32 Å². The van der Waals surface area contributed by atoms with Crippen LogP contribution in [0.4, 0.5) is 5.69 Å². The predicted molar refractivity (Wildman–Crippen MR) is 171 cm³/mol. The van der Waals surface area contributed by atoms with Crippen LogP contribution in [-0.4, -0.2) is 16.6 Å². The smallest absolute Gasteiger partial charge is 0.0761 e. The van der Waals surface area contributed by atoms with E-state index in [4.69, 9.17) is 4.98 Å². The minimum absolute atomic E-state index is 0.0197. The SMILES string of the molecule is CC1Cc2cccc(-c3cccc(C(NC4(C)C(C(C)C)=CCCC4C(C)C)c4ccccc4C(C)C)n3)c2N1. The second kappa shape index (κ2) is 11.5. The first-order valence-corrected chi connectivity index (χ1v) is 15.5. The molecule has 4 atom stereocenters. The maximum atomic E-state index is 5.44. The summed E-state index contributed by atoms with van der Waals surface area (Å²) in [5, 5.41) is 8.03. The van der Waals surface area contributed by atoms with Crippen LogP contribution in [0.2, 0.25) is 0 Å². The molecule has 3 nitrogen and oxygen atoms in total. The molecule has 1 aromatic heterocycles. The van der Waals surface area contributed by atoms with Gasteiger partial charge in [0.25, 0.3) is 0 Å². The van der Waals surface area contributed by atoms with E-state index in [2.05, 4.69) is 133 Å². The number of hydrogen-bond donors (Lipinski definition) is 2. The van der Waals surface area contributed by atoms with Crippen LogP contribution < -0.4 is 10.6 Å². The van der Waals surface area contributed by atoms with E-state index in [1.165, 1.54) is 40.8 Å². The number of pyridine rings is 1. The molecule has 1 aliphatic carbocycles. The second-order valence-electron chi connectivity index (χ2n) is 13.3. The maximum Gasteiger partial charge on any atom is 0.0761 e. The van der Waals surface area contributed by atoms with Gasteiger partial charge in [-0.1, -0.05) is 102 Å². The molecule has 0 saturated heterocycles. The average Bonchev–Trinajstić information content (AvgIpc) is 3.31. The van der Waals surface area contributed by atoms with E-state index in [0.717, 1.165) is 17.8 Å². The highest BCUT2D eigenvalue weighted by Gasteiger charge is 2.44. The second-order valence-corrected chi connectivity index (χ2v) is 13.3. The Balaban J connectivity index is 1.66. The molecule has 0 amide bonds. The third-order valence-electron chi connectivity index (χ3n) is 9.39. The zero-order valence-corrected chi connectivity index (χ0v) is 25.9. The van der Waals surface area contributed by atoms with E-state index in [1.54, 1.807) is 5.57 Å². The third kappa shape index (κ3) is 5.38. The normalized spacial score (nSPS) is 23.3. The molecule has 40 heavy (non-hydrogen) atoms. The Bertz CT molecular complexity index is 1370. The Morgan fingerprint density at radius 3 is 2.30 bits per heavy atom. The lowest BCUT2D eigenvalue weighted by Gasteiger charge is -2.49. The highest BCUT2D eigenvalue weighted by atomic mass is 15.0. The summed E-state index contributed by atoms with van der Waals surface area (Å²) >= 11 is 0. The van der Waals surface area contributed by atoms with Crippen molar-refractivity contribution in [3.63, 3.8) is 0 Å². The summed E-state index contributed by atoms with van der Waals surface area (Å²) in [6, 6.07) is 22.7. The molecule has 2 aromatic carbocycles. The third-order valence-corrected chi connectivity index (χ3v) is 9.39. The molecule has 2 heterocycles. The van der Waals surface area contributed by atoms with Crippen molar-refractivity contribution in [3.05, 3.63) is 94.7 Å². The Hall–Kier alpha value is -2.91. The number of nitrogens with one attached hydrogen (secondary N) is 2. The zero-order valence-electron chi connectivity index (χ0n) is 25.9. The minimum Gasteiger partial charge on any atom is -0.381 e. The van der Waals surface area contributed by atoms with Crippen molar-refractivity contribution in [2.24, 2.45) is 17.8 Å². The Kier molecular flexibility index (Phi) is 8.25. The predicted octanol–water partition coefficient (Wildman–Crippen LogP) is 9.31. The van der Waals surface area contributed by atoms with Gasteiger partial charge in [0.05, 0.1) is 17.4 Å². The first kappa shape index (κ1) is 28.6. The van der Waals surface area contributed by atoms with Gasteiger partial charge in [-0.25, -0.2) is 0 Å². The van der Waals surface area contributed by atoms with Gasteiger partial charge in [0.15, 0.2) is 0 Å². The summed E-state index contributed by atoms with van der Waals surface area (Å²) in [6.45, 7) is 18.8. The number of fused-ring (bicyclic) bond motifs is 1. The number of allylic oxidation sites excluding steroid dienone is 1. The van der Waals surface area contributed by atoms with Crippen molar-refractivity contribution in [3.8, 4) is 11.3 Å². The molecule has 212 valence electrons. The van der Waals surface area contributed by atoms with Gasteiger partial charge in [-0.15, -0.1) is 0 Å². The molecule has 3 aromatic rings. The highest BCUT2D eigenvalue weighted by Crippen LogP contribution is 2.45. The van der Waals surface area contributed by atoms with Gasteiger partial charge in [0.2, 0.25) is 0 Å². The number of nitrogens with zero attached hydrogens (tertiary/aromatic N) is 1. The molecular weight excluding hydrogens is 486 g/mol. The fraction of sp³-hybridized carbons (Fsp3) is 0.486. The van der Waals surface area contributed by atoms with Crippen LogP contribution in [0.5, 0.6) is 0 Å². The van der Waals surface area contributed by atoms with Crippen molar-refractivity contribution >= 4 is 5.69 Å².